The Morgan fingerprint density at radius 1 is 1.33 bits per heavy atom. The third-order valence-electron chi connectivity index (χ3n) is 5.18. The molecular weight excluding hydrogens is 578 g/mol. The second-order valence-electron chi connectivity index (χ2n) is 9.09. The van der Waals surface area contributed by atoms with Gasteiger partial charge in [0.15, 0.2) is 22.1 Å². The standard InChI is InChI=1S/C21H26FIN6O2S2/c1-21(2,3)28-33(30,31)8-4-7-29-19-17(18(24)25-11-26-19)27-20(29)32-16-10-13-12(9-15(16)23)5-6-14(13)22/h9-11,14,28H,4-8H2,1-3H3,(H2,24,25,26). The molecule has 1 unspecified atom stereocenters. The number of alkyl halides is 1. The zero-order valence-corrected chi connectivity index (χ0v) is 22.4. The van der Waals surface area contributed by atoms with Gasteiger partial charge in [0.05, 0.1) is 5.75 Å². The molecule has 1 aliphatic carbocycles. The van der Waals surface area contributed by atoms with Crippen molar-refractivity contribution in [3.05, 3.63) is 33.2 Å². The predicted molar refractivity (Wildman–Crippen MR) is 136 cm³/mol. The molecule has 12 heteroatoms. The highest BCUT2D eigenvalue weighted by molar-refractivity contribution is 14.1. The Labute approximate surface area is 210 Å². The molecule has 3 aromatic rings. The number of halogens is 2. The second-order valence-corrected chi connectivity index (χ2v) is 13.1. The van der Waals surface area contributed by atoms with Gasteiger partial charge in [0, 0.05) is 20.5 Å². The van der Waals surface area contributed by atoms with Crippen LogP contribution in [0, 0.1) is 3.57 Å². The van der Waals surface area contributed by atoms with Gasteiger partial charge in [0.2, 0.25) is 10.0 Å². The molecular formula is C21H26FIN6O2S2. The molecule has 4 rings (SSSR count). The highest BCUT2D eigenvalue weighted by Gasteiger charge is 2.25. The zero-order chi connectivity index (χ0) is 24.0. The van der Waals surface area contributed by atoms with Gasteiger partial charge in [-0.3, -0.25) is 0 Å². The van der Waals surface area contributed by atoms with Gasteiger partial charge < -0.3 is 10.3 Å². The van der Waals surface area contributed by atoms with E-state index in [1.165, 1.54) is 18.1 Å². The molecule has 1 aromatic carbocycles. The summed E-state index contributed by atoms with van der Waals surface area (Å²) < 4.78 is 44.7. The zero-order valence-electron chi connectivity index (χ0n) is 18.6. The lowest BCUT2D eigenvalue weighted by Gasteiger charge is -2.20. The largest absolute Gasteiger partial charge is 0.382 e. The first kappa shape index (κ1) is 24.6. The van der Waals surface area contributed by atoms with E-state index in [1.54, 1.807) is 0 Å². The van der Waals surface area contributed by atoms with E-state index in [0.717, 1.165) is 26.0 Å². The number of hydrogen-bond acceptors (Lipinski definition) is 7. The molecule has 178 valence electrons. The number of nitrogens with two attached hydrogens (primary N) is 1. The van der Waals surface area contributed by atoms with Crippen LogP contribution >= 0.6 is 34.4 Å². The van der Waals surface area contributed by atoms with Crippen LogP contribution in [-0.4, -0.2) is 39.2 Å². The number of nitrogens with one attached hydrogen (secondary N) is 1. The van der Waals surface area contributed by atoms with E-state index < -0.39 is 21.7 Å². The van der Waals surface area contributed by atoms with Gasteiger partial charge in [0.25, 0.3) is 0 Å². The molecule has 0 spiro atoms. The summed E-state index contributed by atoms with van der Waals surface area (Å²) in [6.45, 7) is 5.81. The minimum absolute atomic E-state index is 0.0332. The fourth-order valence-corrected chi connectivity index (χ4v) is 7.25. The highest BCUT2D eigenvalue weighted by atomic mass is 127. The molecule has 2 aromatic heterocycles. The van der Waals surface area contributed by atoms with Crippen molar-refractivity contribution >= 4 is 61.4 Å². The monoisotopic (exact) mass is 604 g/mol. The first-order valence-electron chi connectivity index (χ1n) is 10.6. The summed E-state index contributed by atoms with van der Waals surface area (Å²) in [5.74, 6) is 0.226. The molecule has 0 amide bonds. The molecule has 0 radical (unpaired) electrons. The van der Waals surface area contributed by atoms with Crippen molar-refractivity contribution < 1.29 is 12.8 Å². The summed E-state index contributed by atoms with van der Waals surface area (Å²) in [6.07, 6.45) is 2.05. The lowest BCUT2D eigenvalue weighted by atomic mass is 10.1. The van der Waals surface area contributed by atoms with Crippen molar-refractivity contribution in [1.29, 1.82) is 0 Å². The third kappa shape index (κ3) is 5.60. The SMILES string of the molecule is CC(C)(C)NS(=O)(=O)CCCn1c(Sc2cc3c(cc2I)CCC3F)nc2c(N)ncnc21. The van der Waals surface area contributed by atoms with Crippen molar-refractivity contribution in [2.45, 2.75) is 68.3 Å². The normalized spacial score (nSPS) is 16.5. The summed E-state index contributed by atoms with van der Waals surface area (Å²) >= 11 is 3.66. The first-order valence-corrected chi connectivity index (χ1v) is 14.1. The topological polar surface area (TPSA) is 116 Å². The van der Waals surface area contributed by atoms with Gasteiger partial charge in [-0.15, -0.1) is 0 Å². The maximum atomic E-state index is 14.3. The molecule has 8 nitrogen and oxygen atoms in total. The Balaban J connectivity index is 1.64. The van der Waals surface area contributed by atoms with Gasteiger partial charge in [-0.05, 0) is 85.9 Å². The van der Waals surface area contributed by atoms with Gasteiger partial charge in [-0.2, -0.15) is 0 Å². The summed E-state index contributed by atoms with van der Waals surface area (Å²) in [6, 6.07) is 3.93. The molecule has 0 aliphatic heterocycles. The average Bonchev–Trinajstić information content (AvgIpc) is 3.22. The van der Waals surface area contributed by atoms with Crippen LogP contribution in [0.15, 0.2) is 28.5 Å². The Morgan fingerprint density at radius 2 is 2.09 bits per heavy atom. The van der Waals surface area contributed by atoms with Crippen LogP contribution in [0.1, 0.15) is 50.9 Å². The Morgan fingerprint density at radius 3 is 2.82 bits per heavy atom. The molecule has 33 heavy (non-hydrogen) atoms. The van der Waals surface area contributed by atoms with Gasteiger partial charge >= 0.3 is 0 Å². The summed E-state index contributed by atoms with van der Waals surface area (Å²) in [4.78, 5) is 13.9. The molecule has 0 saturated heterocycles. The van der Waals surface area contributed by atoms with E-state index in [9.17, 15) is 12.8 Å². The summed E-state index contributed by atoms with van der Waals surface area (Å²) in [5.41, 5.74) is 8.29. The van der Waals surface area contributed by atoms with Gasteiger partial charge in [-0.25, -0.2) is 32.5 Å². The summed E-state index contributed by atoms with van der Waals surface area (Å²) in [7, 11) is -3.44. The maximum Gasteiger partial charge on any atom is 0.212 e. The number of aromatic nitrogens is 4. The number of aryl methyl sites for hydroxylation is 2. The molecule has 0 fully saturated rings. The van der Waals surface area contributed by atoms with Crippen molar-refractivity contribution in [2.75, 3.05) is 11.5 Å². The van der Waals surface area contributed by atoms with Gasteiger partial charge in [0.1, 0.15) is 12.5 Å². The highest BCUT2D eigenvalue weighted by Crippen LogP contribution is 2.41. The average molecular weight is 605 g/mol. The lowest BCUT2D eigenvalue weighted by Crippen LogP contribution is -2.41. The minimum Gasteiger partial charge on any atom is -0.382 e. The second kappa shape index (κ2) is 9.27. The number of nitrogen functional groups attached to an aromatic ring is 1. The van der Waals surface area contributed by atoms with Crippen LogP contribution < -0.4 is 10.5 Å². The van der Waals surface area contributed by atoms with Crippen molar-refractivity contribution in [3.63, 3.8) is 0 Å². The number of sulfonamides is 1. The molecule has 3 N–H and O–H groups in total. The number of rotatable bonds is 7. The number of fused-ring (bicyclic) bond motifs is 2. The van der Waals surface area contributed by atoms with E-state index in [-0.39, 0.29) is 11.6 Å². The Hall–Kier alpha value is -1.51. The Kier molecular flexibility index (Phi) is 6.91. The van der Waals surface area contributed by atoms with E-state index in [0.29, 0.717) is 35.7 Å². The van der Waals surface area contributed by atoms with E-state index >= 15 is 0 Å². The van der Waals surface area contributed by atoms with Crippen LogP contribution in [0.3, 0.4) is 0 Å². The number of anilines is 1. The smallest absolute Gasteiger partial charge is 0.212 e. The number of nitrogens with zero attached hydrogens (tertiary/aromatic N) is 4. The molecule has 1 atom stereocenters. The van der Waals surface area contributed by atoms with Crippen LogP contribution in [0.4, 0.5) is 10.2 Å². The van der Waals surface area contributed by atoms with Crippen molar-refractivity contribution in [3.8, 4) is 0 Å². The maximum absolute atomic E-state index is 14.3. The van der Waals surface area contributed by atoms with E-state index in [2.05, 4.69) is 42.3 Å². The molecule has 0 saturated carbocycles. The van der Waals surface area contributed by atoms with Crippen LogP contribution in [0.2, 0.25) is 0 Å². The van der Waals surface area contributed by atoms with E-state index in [4.69, 9.17) is 5.73 Å². The number of imidazole rings is 1. The molecule has 1 aliphatic rings. The molecule has 0 bridgehead atoms. The molecule has 2 heterocycles. The fraction of sp³-hybridized carbons (Fsp3) is 0.476. The predicted octanol–water partition coefficient (Wildman–Crippen LogP) is 4.23. The van der Waals surface area contributed by atoms with E-state index in [1.807, 2.05) is 37.5 Å². The van der Waals surface area contributed by atoms with Crippen LogP contribution in [0.5, 0.6) is 0 Å². The van der Waals surface area contributed by atoms with Crippen molar-refractivity contribution in [2.24, 2.45) is 0 Å². The van der Waals surface area contributed by atoms with Gasteiger partial charge in [-0.1, -0.05) is 11.8 Å². The summed E-state index contributed by atoms with van der Waals surface area (Å²) in [5, 5.41) is 0.615. The van der Waals surface area contributed by atoms with Crippen LogP contribution in [-0.2, 0) is 23.0 Å². The van der Waals surface area contributed by atoms with Crippen molar-refractivity contribution in [1.82, 2.24) is 24.2 Å². The minimum atomic E-state index is -3.44. The van der Waals surface area contributed by atoms with Crippen LogP contribution in [0.25, 0.3) is 11.2 Å². The number of hydrogen-bond donors (Lipinski definition) is 2. The lowest BCUT2D eigenvalue weighted by molar-refractivity contribution is 0.343. The quantitative estimate of drug-likeness (QED) is 0.388. The third-order valence-corrected chi connectivity index (χ3v) is 9.24. The first-order chi connectivity index (χ1) is 15.4. The fourth-order valence-electron chi connectivity index (χ4n) is 3.88. The Bertz CT molecular complexity index is 1310. The number of benzene rings is 1.